The standard InChI is InChI=1S/2C33H33FN2O6.Ca/c2*1-21(2)32-31(29(39)35-25-11-7-4-8-12-25)30(42-31,22-9-5-3-6-10-22)33(23-13-15-24(34)16-14-23)36(32)18-17-26(40-33)19-27(41-32)20-28(37)38;/h2*3-16,21,26-27H,17-20H2,1-2H3,(H,35,39)(H,37,38);/q;;+2/p-2. The maximum absolute atomic E-state index is 14.9. The molecule has 6 aromatic carbocycles. The molecule has 436 valence electrons. The van der Waals surface area contributed by atoms with Crippen molar-refractivity contribution in [2.24, 2.45) is 11.8 Å². The van der Waals surface area contributed by atoms with E-state index in [9.17, 15) is 38.2 Å². The van der Waals surface area contributed by atoms with Gasteiger partial charge in [-0.05, 0) is 84.3 Å². The molecule has 10 aliphatic heterocycles. The van der Waals surface area contributed by atoms with Crippen LogP contribution in [-0.4, -0.2) is 131 Å². The summed E-state index contributed by atoms with van der Waals surface area (Å²) in [5.74, 6) is -4.93. The Labute approximate surface area is 521 Å². The van der Waals surface area contributed by atoms with E-state index in [0.717, 1.165) is 0 Å². The molecule has 0 spiro atoms. The Kier molecular flexibility index (Phi) is 15.1. The maximum atomic E-state index is 14.9. The summed E-state index contributed by atoms with van der Waals surface area (Å²) >= 11 is 0. The topological polar surface area (TPSA) is 207 Å². The van der Waals surface area contributed by atoms with E-state index in [1.165, 1.54) is 24.3 Å². The third-order valence-electron chi connectivity index (χ3n) is 18.7. The number of epoxide rings is 2. The molecule has 0 aliphatic carbocycles. The van der Waals surface area contributed by atoms with Crippen LogP contribution < -0.4 is 20.8 Å². The number of ether oxygens (including phenoxy) is 6. The number of carbonyl (C=O) groups is 4. The molecule has 85 heavy (non-hydrogen) atoms. The predicted molar refractivity (Wildman–Crippen MR) is 302 cm³/mol. The fraction of sp³-hybridized carbons (Fsp3) is 0.394. The van der Waals surface area contributed by atoms with Gasteiger partial charge in [0, 0.05) is 73.2 Å². The van der Waals surface area contributed by atoms with Crippen molar-refractivity contribution in [1.82, 2.24) is 9.80 Å². The quantitative estimate of drug-likeness (QED) is 0.0836. The Hall–Kier alpha value is -6.00. The van der Waals surface area contributed by atoms with Crippen molar-refractivity contribution >= 4 is 72.9 Å². The number of carbonyl (C=O) groups excluding carboxylic acids is 4. The molecule has 16 nitrogen and oxygen atoms in total. The van der Waals surface area contributed by atoms with Gasteiger partial charge in [-0.2, -0.15) is 0 Å². The van der Waals surface area contributed by atoms with Gasteiger partial charge in [-0.15, -0.1) is 0 Å². The second-order valence-electron chi connectivity index (χ2n) is 23.8. The van der Waals surface area contributed by atoms with Gasteiger partial charge in [0.15, 0.2) is 34.1 Å². The number of carboxylic acids is 2. The number of halogens is 2. The molecule has 0 saturated carbocycles. The Morgan fingerprint density at radius 3 is 1.14 bits per heavy atom. The SMILES string of the molecule is CC(C)C12OC(CC(=O)[O-])CC3CCN1C(c1ccc(F)cc1)(O3)C1(c3ccccc3)OC21C(=O)Nc1ccccc1.CC(C)C12OC(CC(=O)[O-])CC3CCN1C(c1ccc(F)cc1)(O3)C1(c3ccccc3)OC21C(=O)Nc1ccccc1.[Ca+2]. The van der Waals surface area contributed by atoms with Crippen LogP contribution in [0.2, 0.25) is 0 Å². The van der Waals surface area contributed by atoms with E-state index < -0.39 is 105 Å². The first-order valence-electron chi connectivity index (χ1n) is 28.9. The summed E-state index contributed by atoms with van der Waals surface area (Å²) in [6.45, 7) is 8.74. The van der Waals surface area contributed by atoms with Crippen molar-refractivity contribution in [3.63, 3.8) is 0 Å². The van der Waals surface area contributed by atoms with Crippen LogP contribution >= 0.6 is 0 Å². The molecule has 16 rings (SSSR count). The number of hydrogen-bond donors (Lipinski definition) is 2. The van der Waals surface area contributed by atoms with Crippen molar-refractivity contribution in [3.8, 4) is 0 Å². The number of benzene rings is 6. The zero-order valence-corrected chi connectivity index (χ0v) is 49.8. The third kappa shape index (κ3) is 8.23. The minimum atomic E-state index is -1.68. The molecule has 19 heteroatoms. The second kappa shape index (κ2) is 21.7. The molecule has 2 amide bonds. The van der Waals surface area contributed by atoms with Gasteiger partial charge >= 0.3 is 37.7 Å². The average molecular weight is 1180 g/mol. The number of rotatable bonds is 14. The Morgan fingerprint density at radius 2 is 0.824 bits per heavy atom. The van der Waals surface area contributed by atoms with Crippen molar-refractivity contribution in [3.05, 3.63) is 204 Å². The molecule has 2 N–H and O–H groups in total. The largest absolute Gasteiger partial charge is 2.00 e. The average Bonchev–Trinajstić information content (AvgIpc) is 1.44. The first kappa shape index (κ1) is 59.3. The number of nitrogens with one attached hydrogen (secondary N) is 2. The third-order valence-corrected chi connectivity index (χ3v) is 18.7. The van der Waals surface area contributed by atoms with Crippen LogP contribution in [0, 0.1) is 23.5 Å². The molecule has 14 unspecified atom stereocenters. The van der Waals surface area contributed by atoms with Crippen molar-refractivity contribution in [2.75, 3.05) is 23.7 Å². The van der Waals surface area contributed by atoms with E-state index in [0.29, 0.717) is 72.4 Å². The summed E-state index contributed by atoms with van der Waals surface area (Å²) in [4.78, 5) is 57.7. The van der Waals surface area contributed by atoms with Crippen molar-refractivity contribution in [2.45, 2.75) is 136 Å². The summed E-state index contributed by atoms with van der Waals surface area (Å²) in [5, 5.41) is 30.0. The maximum Gasteiger partial charge on any atom is 2.00 e. The monoisotopic (exact) mass is 1180 g/mol. The van der Waals surface area contributed by atoms with Crippen LogP contribution in [0.1, 0.15) is 88.5 Å². The number of fused-ring (bicyclic) bond motifs is 8. The molecule has 10 heterocycles. The summed E-state index contributed by atoms with van der Waals surface area (Å²) in [6, 6.07) is 49.3. The molecule has 8 bridgehead atoms. The molecule has 10 fully saturated rings. The minimum absolute atomic E-state index is 0. The van der Waals surface area contributed by atoms with Crippen molar-refractivity contribution in [1.29, 1.82) is 0 Å². The Morgan fingerprint density at radius 1 is 0.494 bits per heavy atom. The molecule has 0 aromatic heterocycles. The van der Waals surface area contributed by atoms with E-state index in [4.69, 9.17) is 28.4 Å². The van der Waals surface area contributed by atoms with E-state index in [-0.39, 0.29) is 62.4 Å². The Bertz CT molecular complexity index is 3280. The van der Waals surface area contributed by atoms with Gasteiger partial charge in [-0.25, -0.2) is 18.6 Å². The molecule has 6 aromatic rings. The van der Waals surface area contributed by atoms with Crippen LogP contribution in [0.5, 0.6) is 0 Å². The zero-order valence-electron chi connectivity index (χ0n) is 47.5. The zero-order chi connectivity index (χ0) is 58.7. The van der Waals surface area contributed by atoms with Crippen LogP contribution in [-0.2, 0) is 70.3 Å². The summed E-state index contributed by atoms with van der Waals surface area (Å²) < 4.78 is 70.8. The van der Waals surface area contributed by atoms with E-state index in [2.05, 4.69) is 20.4 Å². The summed E-state index contributed by atoms with van der Waals surface area (Å²) in [5.41, 5.74) is -8.12. The first-order chi connectivity index (χ1) is 40.4. The number of aliphatic carboxylic acids is 2. The van der Waals surface area contributed by atoms with Gasteiger partial charge in [0.25, 0.3) is 11.8 Å². The number of hydrogen-bond acceptors (Lipinski definition) is 14. The van der Waals surface area contributed by atoms with Gasteiger partial charge in [-0.1, -0.05) is 149 Å². The molecule has 0 radical (unpaired) electrons. The fourth-order valence-electron chi connectivity index (χ4n) is 15.8. The number of para-hydroxylation sites is 2. The van der Waals surface area contributed by atoms with Gasteiger partial charge in [0.1, 0.15) is 11.6 Å². The molecule has 10 aliphatic rings. The molecule has 14 atom stereocenters. The van der Waals surface area contributed by atoms with Gasteiger partial charge in [0.2, 0.25) is 11.2 Å². The number of nitrogens with zero attached hydrogens (tertiary/aromatic N) is 2. The number of amides is 2. The number of anilines is 2. The first-order valence-corrected chi connectivity index (χ1v) is 28.9. The van der Waals surface area contributed by atoms with Gasteiger partial charge in [0.05, 0.1) is 24.4 Å². The normalized spacial score (nSPS) is 35.7. The minimum Gasteiger partial charge on any atom is -0.550 e. The van der Waals surface area contributed by atoms with E-state index >= 15 is 0 Å². The molecule has 10 saturated heterocycles. The summed E-state index contributed by atoms with van der Waals surface area (Å²) in [7, 11) is 0. The smallest absolute Gasteiger partial charge is 0.550 e. The molecular weight excluding hydrogens is 1120 g/mol. The predicted octanol–water partition coefficient (Wildman–Crippen LogP) is 6.95. The van der Waals surface area contributed by atoms with Crippen LogP contribution in [0.4, 0.5) is 20.2 Å². The van der Waals surface area contributed by atoms with Crippen LogP contribution in [0.3, 0.4) is 0 Å². The number of morpholine rings is 2. The van der Waals surface area contributed by atoms with Crippen LogP contribution in [0.15, 0.2) is 170 Å². The second-order valence-corrected chi connectivity index (χ2v) is 23.8. The van der Waals surface area contributed by atoms with Gasteiger partial charge < -0.3 is 58.9 Å². The molecular formula is C66H64CaF2N4O12. The van der Waals surface area contributed by atoms with E-state index in [1.807, 2.05) is 125 Å². The Balaban J connectivity index is 0.000000165. The summed E-state index contributed by atoms with van der Waals surface area (Å²) in [6.07, 6.45) is -1.39. The van der Waals surface area contributed by atoms with E-state index in [1.54, 1.807) is 48.5 Å². The van der Waals surface area contributed by atoms with Gasteiger partial charge in [-0.3, -0.25) is 9.59 Å². The fourth-order valence-corrected chi connectivity index (χ4v) is 15.8. The number of carboxylic acid groups (broad SMARTS) is 2. The van der Waals surface area contributed by atoms with Crippen LogP contribution in [0.25, 0.3) is 0 Å². The van der Waals surface area contributed by atoms with Crippen molar-refractivity contribution < 1.29 is 66.6 Å².